The first-order valence-electron chi connectivity index (χ1n) is 15.0. The molecule has 6 N–H and O–H groups in total. The molecular weight excluding hydrogens is 536 g/mol. The highest BCUT2D eigenvalue weighted by atomic mass is 16.6. The number of nitrogens with one attached hydrogen (secondary N) is 4. The Balaban J connectivity index is 0. The summed E-state index contributed by atoms with van der Waals surface area (Å²) in [5.41, 5.74) is 6.80. The first kappa shape index (κ1) is 40.4. The molecule has 0 bridgehead atoms. The first-order chi connectivity index (χ1) is 19.9. The second-order valence-electron chi connectivity index (χ2n) is 9.78. The third kappa shape index (κ3) is 20.2. The molecular formula is C31H56N6O5. The van der Waals surface area contributed by atoms with Crippen molar-refractivity contribution in [1.29, 1.82) is 0 Å². The van der Waals surface area contributed by atoms with Gasteiger partial charge in [-0.05, 0) is 42.9 Å². The van der Waals surface area contributed by atoms with Gasteiger partial charge in [0.15, 0.2) is 0 Å². The smallest absolute Gasteiger partial charge is 0.409 e. The molecule has 11 heteroatoms. The Morgan fingerprint density at radius 1 is 0.952 bits per heavy atom. The lowest BCUT2D eigenvalue weighted by atomic mass is 10.0. The second kappa shape index (κ2) is 25.0. The summed E-state index contributed by atoms with van der Waals surface area (Å²) >= 11 is 0. The van der Waals surface area contributed by atoms with Gasteiger partial charge in [-0.2, -0.15) is 0 Å². The van der Waals surface area contributed by atoms with Gasteiger partial charge >= 0.3 is 12.1 Å². The number of carbonyl (C=O) groups is 4. The van der Waals surface area contributed by atoms with Crippen LogP contribution in [0.25, 0.3) is 0 Å². The standard InChI is InChI=1S/C25H40N4O4.C4H10N2O.C2H6/c1-7-9-15-29(6)25(32)33-17-20-11-13-21(14-12-20)27-23(31)16-26-19(5)24(18(3)4)28-22(30)10-8-2;1-2-3-6-4(5)7;1-2/h11-14,18,24,26H,5,7-10,15-17H2,1-4,6H3,(H,27,31)(H,28,30);2-3H2,1H3,(H3,5,6,7);1-2H3. The second-order valence-corrected chi connectivity index (χ2v) is 9.78. The molecule has 1 aromatic carbocycles. The van der Waals surface area contributed by atoms with E-state index in [0.29, 0.717) is 30.9 Å². The van der Waals surface area contributed by atoms with Gasteiger partial charge in [0.25, 0.3) is 0 Å². The normalized spacial score (nSPS) is 10.5. The van der Waals surface area contributed by atoms with E-state index in [4.69, 9.17) is 10.5 Å². The number of unbranched alkanes of at least 4 members (excludes halogenated alkanes) is 1. The Labute approximate surface area is 253 Å². The van der Waals surface area contributed by atoms with Crippen LogP contribution in [0.5, 0.6) is 0 Å². The number of hydrogen-bond donors (Lipinski definition) is 5. The Morgan fingerprint density at radius 2 is 1.57 bits per heavy atom. The van der Waals surface area contributed by atoms with Crippen molar-refractivity contribution < 1.29 is 23.9 Å². The summed E-state index contributed by atoms with van der Waals surface area (Å²) in [5, 5.41) is 11.2. The summed E-state index contributed by atoms with van der Waals surface area (Å²) in [6.07, 6.45) is 3.77. The molecule has 11 nitrogen and oxygen atoms in total. The summed E-state index contributed by atoms with van der Waals surface area (Å²) in [6.45, 7) is 19.5. The van der Waals surface area contributed by atoms with Crippen molar-refractivity contribution in [3.05, 3.63) is 42.1 Å². The van der Waals surface area contributed by atoms with E-state index in [2.05, 4.69) is 34.8 Å². The van der Waals surface area contributed by atoms with Gasteiger partial charge in [-0.25, -0.2) is 9.59 Å². The van der Waals surface area contributed by atoms with Crippen LogP contribution in [0.15, 0.2) is 36.5 Å². The average Bonchev–Trinajstić information content (AvgIpc) is 2.97. The van der Waals surface area contributed by atoms with Crippen LogP contribution < -0.4 is 27.0 Å². The number of nitrogens with zero attached hydrogens (tertiary/aromatic N) is 1. The minimum absolute atomic E-state index is 0.0259. The van der Waals surface area contributed by atoms with Crippen molar-refractivity contribution in [3.63, 3.8) is 0 Å². The van der Waals surface area contributed by atoms with E-state index in [1.807, 2.05) is 41.5 Å². The highest BCUT2D eigenvalue weighted by molar-refractivity contribution is 5.92. The maximum atomic E-state index is 12.3. The van der Waals surface area contributed by atoms with Gasteiger partial charge in [0, 0.05) is 37.9 Å². The lowest BCUT2D eigenvalue weighted by Crippen LogP contribution is -2.44. The molecule has 0 heterocycles. The van der Waals surface area contributed by atoms with E-state index in [-0.39, 0.29) is 43.0 Å². The summed E-state index contributed by atoms with van der Waals surface area (Å²) in [4.78, 5) is 47.6. The molecule has 1 unspecified atom stereocenters. The predicted octanol–water partition coefficient (Wildman–Crippen LogP) is 5.13. The van der Waals surface area contributed by atoms with E-state index >= 15 is 0 Å². The molecule has 0 fully saturated rings. The number of carbonyl (C=O) groups excluding carboxylic acids is 4. The Hall–Kier alpha value is -3.76. The fraction of sp³-hybridized carbons (Fsp3) is 0.613. The molecule has 1 aromatic rings. The zero-order valence-corrected chi connectivity index (χ0v) is 27.1. The van der Waals surface area contributed by atoms with Crippen LogP contribution in [0.3, 0.4) is 0 Å². The van der Waals surface area contributed by atoms with Crippen molar-refractivity contribution in [3.8, 4) is 0 Å². The Morgan fingerprint density at radius 3 is 2.05 bits per heavy atom. The quantitative estimate of drug-likeness (QED) is 0.179. The Bertz CT molecular complexity index is 921. The maximum Gasteiger partial charge on any atom is 0.409 e. The molecule has 240 valence electrons. The molecule has 0 aliphatic carbocycles. The zero-order valence-electron chi connectivity index (χ0n) is 27.1. The Kier molecular flexibility index (Phi) is 24.0. The molecule has 0 aromatic heterocycles. The van der Waals surface area contributed by atoms with E-state index in [1.165, 1.54) is 0 Å². The lowest BCUT2D eigenvalue weighted by Gasteiger charge is -2.25. The maximum absolute atomic E-state index is 12.3. The van der Waals surface area contributed by atoms with E-state index in [1.54, 1.807) is 36.2 Å². The summed E-state index contributed by atoms with van der Waals surface area (Å²) in [7, 11) is 1.72. The van der Waals surface area contributed by atoms with Crippen LogP contribution in [-0.2, 0) is 20.9 Å². The van der Waals surface area contributed by atoms with Crippen molar-refractivity contribution in [1.82, 2.24) is 20.9 Å². The van der Waals surface area contributed by atoms with Gasteiger partial charge < -0.3 is 36.6 Å². The van der Waals surface area contributed by atoms with Crippen LogP contribution in [0.4, 0.5) is 15.3 Å². The zero-order chi connectivity index (χ0) is 32.5. The van der Waals surface area contributed by atoms with Crippen molar-refractivity contribution in [2.24, 2.45) is 11.7 Å². The molecule has 0 aliphatic rings. The molecule has 0 radical (unpaired) electrons. The number of urea groups is 1. The molecule has 42 heavy (non-hydrogen) atoms. The predicted molar refractivity (Wildman–Crippen MR) is 171 cm³/mol. The number of benzene rings is 1. The van der Waals surface area contributed by atoms with Crippen LogP contribution in [0.1, 0.15) is 86.1 Å². The number of primary amides is 1. The summed E-state index contributed by atoms with van der Waals surface area (Å²) in [6, 6.07) is 6.44. The van der Waals surface area contributed by atoms with Gasteiger partial charge in [0.2, 0.25) is 11.8 Å². The fourth-order valence-corrected chi connectivity index (χ4v) is 3.31. The SMILES string of the molecule is C=C(NCC(=O)Nc1ccc(COC(=O)N(C)CCCC)cc1)C(NC(=O)CCC)C(C)C.CC.CCCNC(N)=O. The molecule has 0 spiro atoms. The third-order valence-electron chi connectivity index (χ3n) is 5.62. The highest BCUT2D eigenvalue weighted by Gasteiger charge is 2.19. The summed E-state index contributed by atoms with van der Waals surface area (Å²) < 4.78 is 5.31. The third-order valence-corrected chi connectivity index (χ3v) is 5.62. The monoisotopic (exact) mass is 592 g/mol. The molecule has 5 amide bonds. The first-order valence-corrected chi connectivity index (χ1v) is 15.0. The van der Waals surface area contributed by atoms with Gasteiger partial charge in [0.1, 0.15) is 6.61 Å². The molecule has 0 aliphatic heterocycles. The van der Waals surface area contributed by atoms with Crippen LogP contribution in [0.2, 0.25) is 0 Å². The minimum atomic E-state index is -0.443. The van der Waals surface area contributed by atoms with Gasteiger partial charge in [-0.3, -0.25) is 9.59 Å². The molecule has 0 saturated heterocycles. The number of hydrogen-bond acceptors (Lipinski definition) is 6. The number of ether oxygens (including phenoxy) is 1. The van der Waals surface area contributed by atoms with Gasteiger partial charge in [-0.15, -0.1) is 0 Å². The number of anilines is 1. The summed E-state index contributed by atoms with van der Waals surface area (Å²) in [5.74, 6) is -0.112. The number of rotatable bonds is 16. The topological polar surface area (TPSA) is 155 Å². The largest absolute Gasteiger partial charge is 0.445 e. The van der Waals surface area contributed by atoms with Crippen molar-refractivity contribution >= 4 is 29.6 Å². The van der Waals surface area contributed by atoms with Crippen LogP contribution >= 0.6 is 0 Å². The molecule has 1 rings (SSSR count). The lowest BCUT2D eigenvalue weighted by molar-refractivity contribution is -0.121. The van der Waals surface area contributed by atoms with Crippen molar-refractivity contribution in [2.45, 2.75) is 93.2 Å². The van der Waals surface area contributed by atoms with Crippen LogP contribution in [0, 0.1) is 5.92 Å². The van der Waals surface area contributed by atoms with E-state index in [0.717, 1.165) is 31.2 Å². The number of nitrogens with two attached hydrogens (primary N) is 1. The highest BCUT2D eigenvalue weighted by Crippen LogP contribution is 2.12. The van der Waals surface area contributed by atoms with Crippen molar-refractivity contribution in [2.75, 3.05) is 32.0 Å². The average molecular weight is 593 g/mol. The fourth-order valence-electron chi connectivity index (χ4n) is 3.31. The molecule has 0 saturated carbocycles. The van der Waals surface area contributed by atoms with E-state index in [9.17, 15) is 19.2 Å². The molecule has 1 atom stereocenters. The van der Waals surface area contributed by atoms with Gasteiger partial charge in [-0.1, -0.05) is 73.6 Å². The van der Waals surface area contributed by atoms with Gasteiger partial charge in [0.05, 0.1) is 12.6 Å². The number of amides is 5. The van der Waals surface area contributed by atoms with Crippen LogP contribution in [-0.4, -0.2) is 61.6 Å². The van der Waals surface area contributed by atoms with E-state index < -0.39 is 6.03 Å². The minimum Gasteiger partial charge on any atom is -0.445 e.